The number of esters is 1. The fourth-order valence-corrected chi connectivity index (χ4v) is 1.36. The van der Waals surface area contributed by atoms with Gasteiger partial charge in [-0.3, -0.25) is 4.79 Å². The maximum absolute atomic E-state index is 10.7. The minimum absolute atomic E-state index is 0.0501. The average molecular weight is 154 g/mol. The third-order valence-corrected chi connectivity index (χ3v) is 2.09. The summed E-state index contributed by atoms with van der Waals surface area (Å²) >= 11 is 0. The highest BCUT2D eigenvalue weighted by molar-refractivity contribution is 5.71. The Kier molecular flexibility index (Phi) is 2.69. The van der Waals surface area contributed by atoms with E-state index in [-0.39, 0.29) is 12.1 Å². The molecular formula is C9H14O2. The van der Waals surface area contributed by atoms with Gasteiger partial charge in [0.2, 0.25) is 0 Å². The highest BCUT2D eigenvalue weighted by Crippen LogP contribution is 2.23. The third-order valence-electron chi connectivity index (χ3n) is 2.09. The largest absolute Gasteiger partial charge is 0.462 e. The zero-order valence-electron chi connectivity index (χ0n) is 6.88. The van der Waals surface area contributed by atoms with Gasteiger partial charge in [0.1, 0.15) is 6.10 Å². The first kappa shape index (κ1) is 8.31. The Balaban J connectivity index is 2.36. The lowest BCUT2D eigenvalue weighted by atomic mass is 9.99. The zero-order chi connectivity index (χ0) is 8.27. The third kappa shape index (κ3) is 2.07. The van der Waals surface area contributed by atoms with E-state index < -0.39 is 0 Å². The van der Waals surface area contributed by atoms with Crippen molar-refractivity contribution < 1.29 is 9.53 Å². The maximum atomic E-state index is 10.7. The Morgan fingerprint density at radius 2 is 2.64 bits per heavy atom. The normalized spacial score (nSPS) is 26.3. The summed E-state index contributed by atoms with van der Waals surface area (Å²) in [5.74, 6) is 0.380. The van der Waals surface area contributed by atoms with Crippen LogP contribution >= 0.6 is 0 Å². The molecule has 0 N–H and O–H groups in total. The van der Waals surface area contributed by atoms with E-state index in [1.807, 2.05) is 6.08 Å². The summed E-state index contributed by atoms with van der Waals surface area (Å²) in [6.45, 7) is 5.74. The second-order valence-electron chi connectivity index (χ2n) is 3.07. The Bertz CT molecular complexity index is 163. The van der Waals surface area contributed by atoms with Crippen molar-refractivity contribution in [1.82, 2.24) is 0 Å². The van der Waals surface area contributed by atoms with E-state index in [0.717, 1.165) is 12.8 Å². The lowest BCUT2D eigenvalue weighted by Gasteiger charge is -2.15. The van der Waals surface area contributed by atoms with Crippen molar-refractivity contribution in [2.24, 2.45) is 5.92 Å². The quantitative estimate of drug-likeness (QED) is 0.458. The number of carbonyl (C=O) groups excluding carboxylic acids is 1. The number of ether oxygens (including phenoxy) is 1. The van der Waals surface area contributed by atoms with Gasteiger partial charge in [0.05, 0.1) is 0 Å². The molecule has 0 spiro atoms. The van der Waals surface area contributed by atoms with Crippen molar-refractivity contribution in [3.8, 4) is 0 Å². The Hall–Kier alpha value is -0.790. The minimum Gasteiger partial charge on any atom is -0.462 e. The summed E-state index contributed by atoms with van der Waals surface area (Å²) in [5, 5.41) is 0. The molecule has 1 heterocycles. The van der Waals surface area contributed by atoms with Crippen LogP contribution in [0.25, 0.3) is 0 Å². The minimum atomic E-state index is -0.0501. The monoisotopic (exact) mass is 154 g/mol. The highest BCUT2D eigenvalue weighted by atomic mass is 16.5. The summed E-state index contributed by atoms with van der Waals surface area (Å²) in [4.78, 5) is 10.7. The fraction of sp³-hybridized carbons (Fsp3) is 0.667. The molecule has 2 atom stereocenters. The van der Waals surface area contributed by atoms with Crippen LogP contribution in [0.4, 0.5) is 0 Å². The Labute approximate surface area is 67.2 Å². The summed E-state index contributed by atoms with van der Waals surface area (Å²) < 4.78 is 5.09. The summed E-state index contributed by atoms with van der Waals surface area (Å²) in [6, 6.07) is 0. The van der Waals surface area contributed by atoms with Crippen molar-refractivity contribution in [2.45, 2.75) is 32.3 Å². The van der Waals surface area contributed by atoms with E-state index >= 15 is 0 Å². The van der Waals surface area contributed by atoms with Crippen molar-refractivity contribution >= 4 is 5.97 Å². The standard InChI is InChI=1S/C9H14O2/c1-3-4-7(2)8-5-6-9(10)11-8/h3,7-8H,1,4-6H2,2H3/t7-,8+/m0/s1. The van der Waals surface area contributed by atoms with E-state index in [2.05, 4.69) is 13.5 Å². The molecule has 0 radical (unpaired) electrons. The predicted octanol–water partition coefficient (Wildman–Crippen LogP) is 1.90. The van der Waals surface area contributed by atoms with Gasteiger partial charge in [0.15, 0.2) is 0 Å². The summed E-state index contributed by atoms with van der Waals surface area (Å²) in [7, 11) is 0. The smallest absolute Gasteiger partial charge is 0.306 e. The van der Waals surface area contributed by atoms with Crippen LogP contribution in [0, 0.1) is 5.92 Å². The zero-order valence-corrected chi connectivity index (χ0v) is 6.88. The van der Waals surface area contributed by atoms with Gasteiger partial charge in [-0.25, -0.2) is 0 Å². The molecule has 0 amide bonds. The molecule has 1 rings (SSSR count). The topological polar surface area (TPSA) is 26.3 Å². The van der Waals surface area contributed by atoms with Gasteiger partial charge in [0, 0.05) is 6.42 Å². The number of carbonyl (C=O) groups is 1. The summed E-state index contributed by atoms with van der Waals surface area (Å²) in [6.07, 6.45) is 4.41. The SMILES string of the molecule is C=CC[C@H](C)[C@H]1CCC(=O)O1. The summed E-state index contributed by atoms with van der Waals surface area (Å²) in [5.41, 5.74) is 0. The van der Waals surface area contributed by atoms with Crippen molar-refractivity contribution in [3.05, 3.63) is 12.7 Å². The van der Waals surface area contributed by atoms with E-state index in [1.165, 1.54) is 0 Å². The molecule has 62 valence electrons. The van der Waals surface area contributed by atoms with Crippen LogP contribution in [-0.2, 0) is 9.53 Å². The van der Waals surface area contributed by atoms with E-state index in [9.17, 15) is 4.79 Å². The van der Waals surface area contributed by atoms with Gasteiger partial charge >= 0.3 is 5.97 Å². The molecule has 1 aliphatic rings. The van der Waals surface area contributed by atoms with Crippen molar-refractivity contribution in [3.63, 3.8) is 0 Å². The molecule has 2 nitrogen and oxygen atoms in total. The molecule has 1 saturated heterocycles. The molecule has 0 bridgehead atoms. The van der Waals surface area contributed by atoms with Crippen LogP contribution < -0.4 is 0 Å². The molecule has 0 saturated carbocycles. The predicted molar refractivity (Wildman–Crippen MR) is 43.1 cm³/mol. The number of hydrogen-bond acceptors (Lipinski definition) is 2. The number of rotatable bonds is 3. The van der Waals surface area contributed by atoms with Gasteiger partial charge in [-0.15, -0.1) is 6.58 Å². The number of allylic oxidation sites excluding steroid dienone is 1. The molecule has 11 heavy (non-hydrogen) atoms. The fourth-order valence-electron chi connectivity index (χ4n) is 1.36. The maximum Gasteiger partial charge on any atom is 0.306 e. The molecule has 0 aromatic carbocycles. The molecule has 0 unspecified atom stereocenters. The molecule has 0 aliphatic carbocycles. The first-order valence-electron chi connectivity index (χ1n) is 4.04. The first-order chi connectivity index (χ1) is 5.24. The second kappa shape index (κ2) is 3.56. The van der Waals surface area contributed by atoms with Gasteiger partial charge in [-0.05, 0) is 18.8 Å². The Morgan fingerprint density at radius 1 is 1.91 bits per heavy atom. The van der Waals surface area contributed by atoms with E-state index in [0.29, 0.717) is 12.3 Å². The molecular weight excluding hydrogens is 140 g/mol. The lowest BCUT2D eigenvalue weighted by molar-refractivity contribution is -0.142. The van der Waals surface area contributed by atoms with Crippen molar-refractivity contribution in [1.29, 1.82) is 0 Å². The number of cyclic esters (lactones) is 1. The average Bonchev–Trinajstić information content (AvgIpc) is 2.36. The second-order valence-corrected chi connectivity index (χ2v) is 3.07. The molecule has 0 aromatic heterocycles. The Morgan fingerprint density at radius 3 is 3.09 bits per heavy atom. The van der Waals surface area contributed by atoms with Crippen LogP contribution in [0.1, 0.15) is 26.2 Å². The van der Waals surface area contributed by atoms with E-state index in [1.54, 1.807) is 0 Å². The van der Waals surface area contributed by atoms with Gasteiger partial charge < -0.3 is 4.74 Å². The highest BCUT2D eigenvalue weighted by Gasteiger charge is 2.27. The van der Waals surface area contributed by atoms with Gasteiger partial charge in [-0.1, -0.05) is 13.0 Å². The van der Waals surface area contributed by atoms with Crippen molar-refractivity contribution in [2.75, 3.05) is 0 Å². The van der Waals surface area contributed by atoms with Gasteiger partial charge in [-0.2, -0.15) is 0 Å². The molecule has 0 aromatic rings. The molecule has 1 fully saturated rings. The first-order valence-corrected chi connectivity index (χ1v) is 4.04. The van der Waals surface area contributed by atoms with Crippen LogP contribution in [0.15, 0.2) is 12.7 Å². The van der Waals surface area contributed by atoms with Crippen LogP contribution in [-0.4, -0.2) is 12.1 Å². The lowest BCUT2D eigenvalue weighted by Crippen LogP contribution is -2.16. The van der Waals surface area contributed by atoms with Gasteiger partial charge in [0.25, 0.3) is 0 Å². The van der Waals surface area contributed by atoms with Crippen LogP contribution in [0.2, 0.25) is 0 Å². The number of hydrogen-bond donors (Lipinski definition) is 0. The molecule has 1 aliphatic heterocycles. The van der Waals surface area contributed by atoms with Crippen LogP contribution in [0.3, 0.4) is 0 Å². The molecule has 2 heteroatoms. The van der Waals surface area contributed by atoms with Crippen LogP contribution in [0.5, 0.6) is 0 Å². The van der Waals surface area contributed by atoms with E-state index in [4.69, 9.17) is 4.74 Å².